The second-order valence-corrected chi connectivity index (χ2v) is 7.99. The number of carbonyl (C=O) groups excluding carboxylic acids is 1. The number of hydrogen-bond donors (Lipinski definition) is 3. The lowest BCUT2D eigenvalue weighted by molar-refractivity contribution is -0.137. The van der Waals surface area contributed by atoms with Crippen LogP contribution in [-0.4, -0.2) is 22.0 Å². The first kappa shape index (κ1) is 22.1. The maximum absolute atomic E-state index is 12.5. The molecule has 1 aromatic heterocycles. The van der Waals surface area contributed by atoms with E-state index in [9.17, 15) is 9.59 Å². The Balaban J connectivity index is 1.36. The van der Waals surface area contributed by atoms with Gasteiger partial charge in [-0.25, -0.2) is 0 Å². The van der Waals surface area contributed by atoms with E-state index in [0.29, 0.717) is 29.2 Å². The molecule has 0 aliphatic rings. The van der Waals surface area contributed by atoms with Crippen LogP contribution in [0.15, 0.2) is 77.2 Å². The number of anilines is 3. The first-order valence-corrected chi connectivity index (χ1v) is 10.8. The zero-order chi connectivity index (χ0) is 23.2. The van der Waals surface area contributed by atoms with E-state index in [1.54, 1.807) is 0 Å². The minimum absolute atomic E-state index is 0.136. The fourth-order valence-corrected chi connectivity index (χ4v) is 3.57. The predicted molar refractivity (Wildman–Crippen MR) is 128 cm³/mol. The molecule has 1 atom stereocenters. The molecule has 0 saturated carbocycles. The number of carbonyl (C=O) groups is 2. The van der Waals surface area contributed by atoms with Crippen molar-refractivity contribution in [2.24, 2.45) is 0 Å². The first-order chi connectivity index (χ1) is 16.0. The second-order valence-electron chi connectivity index (χ2n) is 7.99. The molecule has 3 aromatic carbocycles. The molecule has 3 N–H and O–H groups in total. The molecule has 7 nitrogen and oxygen atoms in total. The normalized spacial score (nSPS) is 11.8. The molecule has 0 spiro atoms. The lowest BCUT2D eigenvalue weighted by Crippen LogP contribution is -2.14. The summed E-state index contributed by atoms with van der Waals surface area (Å²) < 4.78 is 5.79. The molecule has 1 amide bonds. The number of hydrogen-bond acceptors (Lipinski definition) is 5. The monoisotopic (exact) mass is 443 g/mol. The van der Waals surface area contributed by atoms with Crippen LogP contribution in [0.2, 0.25) is 0 Å². The zero-order valence-corrected chi connectivity index (χ0v) is 18.2. The van der Waals surface area contributed by atoms with Crippen molar-refractivity contribution in [1.29, 1.82) is 0 Å². The van der Waals surface area contributed by atoms with Gasteiger partial charge in [0, 0.05) is 17.8 Å². The lowest BCUT2D eigenvalue weighted by atomic mass is 9.96. The number of nitrogens with one attached hydrogen (secondary N) is 2. The summed E-state index contributed by atoms with van der Waals surface area (Å²) in [6, 6.07) is 23.1. The summed E-state index contributed by atoms with van der Waals surface area (Å²) in [6.07, 6.45) is 0.918. The number of para-hydroxylation sites is 1. The molecule has 168 valence electrons. The van der Waals surface area contributed by atoms with Crippen LogP contribution in [0.4, 0.5) is 17.4 Å². The van der Waals surface area contributed by atoms with Crippen molar-refractivity contribution in [3.8, 4) is 0 Å². The predicted octanol–water partition coefficient (Wildman–Crippen LogP) is 5.72. The van der Waals surface area contributed by atoms with E-state index in [2.05, 4.69) is 15.6 Å². The number of carboxylic acids is 1. The van der Waals surface area contributed by atoms with Crippen molar-refractivity contribution in [2.75, 3.05) is 10.6 Å². The third kappa shape index (κ3) is 5.98. The highest BCUT2D eigenvalue weighted by atomic mass is 16.4. The maximum atomic E-state index is 12.5. The van der Waals surface area contributed by atoms with Crippen LogP contribution in [0.1, 0.15) is 36.8 Å². The van der Waals surface area contributed by atoms with Crippen molar-refractivity contribution in [1.82, 2.24) is 4.98 Å². The van der Waals surface area contributed by atoms with Gasteiger partial charge in [0.25, 0.3) is 6.01 Å². The van der Waals surface area contributed by atoms with Gasteiger partial charge in [0.15, 0.2) is 5.58 Å². The van der Waals surface area contributed by atoms with Crippen LogP contribution in [0.5, 0.6) is 0 Å². The largest absolute Gasteiger partial charge is 0.481 e. The lowest BCUT2D eigenvalue weighted by Gasteiger charge is -2.12. The van der Waals surface area contributed by atoms with Crippen molar-refractivity contribution in [2.45, 2.75) is 32.1 Å². The van der Waals surface area contributed by atoms with Crippen molar-refractivity contribution in [3.63, 3.8) is 0 Å². The van der Waals surface area contributed by atoms with Crippen LogP contribution in [0, 0.1) is 0 Å². The Labute approximate surface area is 191 Å². The van der Waals surface area contributed by atoms with Crippen LogP contribution in [-0.2, 0) is 16.0 Å². The quantitative estimate of drug-likeness (QED) is 0.306. The van der Waals surface area contributed by atoms with Crippen molar-refractivity contribution < 1.29 is 19.1 Å². The van der Waals surface area contributed by atoms with Gasteiger partial charge in [-0.1, -0.05) is 43.3 Å². The number of rotatable bonds is 9. The topological polar surface area (TPSA) is 104 Å². The SMILES string of the molecule is CC(CCC(=O)O)c1ccc(NC(=O)Cc2ccc3nc(Nc4ccccc4)oc3c2)cc1. The van der Waals surface area contributed by atoms with Gasteiger partial charge < -0.3 is 20.2 Å². The van der Waals surface area contributed by atoms with Gasteiger partial charge in [0.2, 0.25) is 5.91 Å². The summed E-state index contributed by atoms with van der Waals surface area (Å²) >= 11 is 0. The van der Waals surface area contributed by atoms with E-state index < -0.39 is 5.97 Å². The van der Waals surface area contributed by atoms with E-state index in [4.69, 9.17) is 9.52 Å². The minimum Gasteiger partial charge on any atom is -0.481 e. The number of nitrogens with zero attached hydrogens (tertiary/aromatic N) is 1. The molecule has 0 radical (unpaired) electrons. The first-order valence-electron chi connectivity index (χ1n) is 10.8. The molecular formula is C26H25N3O4. The summed E-state index contributed by atoms with van der Waals surface area (Å²) in [7, 11) is 0. The molecule has 0 saturated heterocycles. The van der Waals surface area contributed by atoms with Gasteiger partial charge >= 0.3 is 5.97 Å². The third-order valence-corrected chi connectivity index (χ3v) is 5.40. The molecule has 0 aliphatic carbocycles. The Bertz CT molecular complexity index is 1250. The average Bonchev–Trinajstić information content (AvgIpc) is 3.20. The van der Waals surface area contributed by atoms with E-state index in [1.165, 1.54) is 0 Å². The number of aromatic nitrogens is 1. The summed E-state index contributed by atoms with van der Waals surface area (Å²) in [5.41, 5.74) is 4.77. The van der Waals surface area contributed by atoms with E-state index >= 15 is 0 Å². The van der Waals surface area contributed by atoms with Gasteiger partial charge in [-0.2, -0.15) is 4.98 Å². The minimum atomic E-state index is -0.794. The Morgan fingerprint density at radius 1 is 1.00 bits per heavy atom. The van der Waals surface area contributed by atoms with Crippen LogP contribution in [0.25, 0.3) is 11.1 Å². The highest BCUT2D eigenvalue weighted by Crippen LogP contribution is 2.24. The highest BCUT2D eigenvalue weighted by Gasteiger charge is 2.11. The maximum Gasteiger partial charge on any atom is 0.303 e. The summed E-state index contributed by atoms with van der Waals surface area (Å²) in [5, 5.41) is 14.9. The smallest absolute Gasteiger partial charge is 0.303 e. The number of benzene rings is 3. The Hall–Kier alpha value is -4.13. The fraction of sp³-hybridized carbons (Fsp3) is 0.192. The number of carboxylic acid groups (broad SMARTS) is 1. The zero-order valence-electron chi connectivity index (χ0n) is 18.2. The van der Waals surface area contributed by atoms with E-state index in [0.717, 1.165) is 16.8 Å². The van der Waals surface area contributed by atoms with E-state index in [-0.39, 0.29) is 24.7 Å². The third-order valence-electron chi connectivity index (χ3n) is 5.40. The van der Waals surface area contributed by atoms with Gasteiger partial charge in [-0.05, 0) is 59.9 Å². The van der Waals surface area contributed by atoms with Crippen LogP contribution in [0.3, 0.4) is 0 Å². The Morgan fingerprint density at radius 2 is 1.76 bits per heavy atom. The molecule has 4 aromatic rings. The summed E-state index contributed by atoms with van der Waals surface area (Å²) in [5.74, 6) is -0.790. The summed E-state index contributed by atoms with van der Waals surface area (Å²) in [4.78, 5) is 27.7. The van der Waals surface area contributed by atoms with Crippen molar-refractivity contribution in [3.05, 3.63) is 83.9 Å². The Morgan fingerprint density at radius 3 is 2.48 bits per heavy atom. The number of oxazole rings is 1. The molecular weight excluding hydrogens is 418 g/mol. The van der Waals surface area contributed by atoms with E-state index in [1.807, 2.05) is 79.7 Å². The number of fused-ring (bicyclic) bond motifs is 1. The fourth-order valence-electron chi connectivity index (χ4n) is 3.57. The number of amides is 1. The van der Waals surface area contributed by atoms with Gasteiger partial charge in [-0.15, -0.1) is 0 Å². The van der Waals surface area contributed by atoms with Gasteiger partial charge in [0.05, 0.1) is 6.42 Å². The molecule has 1 heterocycles. The Kier molecular flexibility index (Phi) is 6.69. The molecule has 0 fully saturated rings. The van der Waals surface area contributed by atoms with Crippen molar-refractivity contribution >= 4 is 40.4 Å². The molecule has 33 heavy (non-hydrogen) atoms. The standard InChI is InChI=1S/C26H25N3O4/c1-17(7-14-25(31)32)19-9-11-21(12-10-19)27-24(30)16-18-8-13-22-23(15-18)33-26(29-22)28-20-5-3-2-4-6-20/h2-6,8-13,15,17H,7,14,16H2,1H3,(H,27,30)(H,28,29)(H,31,32). The second kappa shape index (κ2) is 9.99. The number of aliphatic carboxylic acids is 1. The molecule has 7 heteroatoms. The molecule has 0 aliphatic heterocycles. The van der Waals surface area contributed by atoms with Crippen LogP contribution >= 0.6 is 0 Å². The van der Waals surface area contributed by atoms with Crippen LogP contribution < -0.4 is 10.6 Å². The highest BCUT2D eigenvalue weighted by molar-refractivity contribution is 5.92. The average molecular weight is 444 g/mol. The van der Waals surface area contributed by atoms with Gasteiger partial charge in [-0.3, -0.25) is 9.59 Å². The molecule has 0 bridgehead atoms. The molecule has 4 rings (SSSR count). The molecule has 1 unspecified atom stereocenters. The van der Waals surface area contributed by atoms with Gasteiger partial charge in [0.1, 0.15) is 5.52 Å². The summed E-state index contributed by atoms with van der Waals surface area (Å²) in [6.45, 7) is 2.00.